The van der Waals surface area contributed by atoms with Crippen LogP contribution in [0.25, 0.3) is 0 Å². The number of amides is 4. The summed E-state index contributed by atoms with van der Waals surface area (Å²) < 4.78 is 0. The van der Waals surface area contributed by atoms with Gasteiger partial charge < -0.3 is 0 Å². The van der Waals surface area contributed by atoms with Crippen LogP contribution in [0, 0.1) is 0 Å². The Kier molecular flexibility index (Phi) is 3.23. The smallest absolute Gasteiger partial charge is 0.263 e. The van der Waals surface area contributed by atoms with Gasteiger partial charge in [0.25, 0.3) is 0 Å². The second-order valence-corrected chi connectivity index (χ2v) is 4.39. The van der Waals surface area contributed by atoms with E-state index in [4.69, 9.17) is 23.2 Å². The van der Waals surface area contributed by atoms with Crippen molar-refractivity contribution in [1.82, 2.24) is 14.8 Å². The first-order valence-corrected chi connectivity index (χ1v) is 5.62. The maximum absolute atomic E-state index is 11.6. The maximum Gasteiger partial charge on any atom is 0.334 e. The molecule has 0 aliphatic carbocycles. The van der Waals surface area contributed by atoms with Crippen molar-refractivity contribution in [3.63, 3.8) is 0 Å². The van der Waals surface area contributed by atoms with E-state index in [2.05, 4.69) is 4.98 Å². The minimum atomic E-state index is -0.902. The summed E-state index contributed by atoms with van der Waals surface area (Å²) in [6.45, 7) is -0.187. The van der Waals surface area contributed by atoms with Gasteiger partial charge in [0.05, 0.1) is 17.3 Å². The molecule has 0 radical (unpaired) electrons. The van der Waals surface area contributed by atoms with Crippen LogP contribution < -0.4 is 0 Å². The fourth-order valence-corrected chi connectivity index (χ4v) is 1.80. The minimum absolute atomic E-state index is 0.187. The highest BCUT2D eigenvalue weighted by Gasteiger charge is 2.42. The van der Waals surface area contributed by atoms with E-state index in [-0.39, 0.29) is 22.4 Å². The Balaban J connectivity index is 2.29. The average Bonchev–Trinajstić information content (AvgIpc) is 2.51. The van der Waals surface area contributed by atoms with Crippen LogP contribution in [0.2, 0.25) is 10.2 Å². The van der Waals surface area contributed by atoms with Gasteiger partial charge in [-0.25, -0.2) is 14.7 Å². The highest BCUT2D eigenvalue weighted by molar-refractivity contribution is 6.44. The average molecular weight is 288 g/mol. The second kappa shape index (κ2) is 4.55. The lowest BCUT2D eigenvalue weighted by Gasteiger charge is -2.13. The third-order valence-corrected chi connectivity index (χ3v) is 3.00. The number of hydrogen-bond donors (Lipinski definition) is 0. The summed E-state index contributed by atoms with van der Waals surface area (Å²) in [5.41, 5.74) is 0.258. The monoisotopic (exact) mass is 287 g/mol. The van der Waals surface area contributed by atoms with Crippen molar-refractivity contribution in [3.8, 4) is 0 Å². The van der Waals surface area contributed by atoms with Gasteiger partial charge in [-0.2, -0.15) is 0 Å². The van der Waals surface area contributed by atoms with Crippen LogP contribution in [-0.2, 0) is 16.1 Å². The van der Waals surface area contributed by atoms with Gasteiger partial charge in [0, 0.05) is 7.05 Å². The van der Waals surface area contributed by atoms with Crippen molar-refractivity contribution in [2.45, 2.75) is 6.54 Å². The van der Waals surface area contributed by atoms with E-state index >= 15 is 0 Å². The van der Waals surface area contributed by atoms with Crippen molar-refractivity contribution < 1.29 is 14.4 Å². The molecule has 8 heteroatoms. The molecule has 1 aromatic heterocycles. The Morgan fingerprint density at radius 1 is 1.17 bits per heavy atom. The maximum atomic E-state index is 11.6. The molecule has 0 spiro atoms. The van der Waals surface area contributed by atoms with E-state index in [1.54, 1.807) is 0 Å². The van der Waals surface area contributed by atoms with Crippen molar-refractivity contribution in [1.29, 1.82) is 0 Å². The summed E-state index contributed by atoms with van der Waals surface area (Å²) in [6.07, 6.45) is 0. The topological polar surface area (TPSA) is 70.6 Å². The lowest BCUT2D eigenvalue weighted by Crippen LogP contribution is -2.31. The Hall–Kier alpha value is -1.66. The molecule has 0 bridgehead atoms. The van der Waals surface area contributed by atoms with E-state index in [0.29, 0.717) is 0 Å². The molecule has 0 atom stereocenters. The largest absolute Gasteiger partial charge is 0.334 e. The number of halogens is 2. The molecule has 0 N–H and O–H groups in total. The van der Waals surface area contributed by atoms with Crippen LogP contribution in [-0.4, -0.2) is 39.7 Å². The molecule has 1 saturated heterocycles. The number of aromatic nitrogens is 1. The molecule has 4 amide bonds. The molecule has 1 aliphatic rings. The summed E-state index contributed by atoms with van der Waals surface area (Å²) in [6, 6.07) is 2.28. The van der Waals surface area contributed by atoms with Gasteiger partial charge in [-0.3, -0.25) is 14.5 Å². The van der Waals surface area contributed by atoms with Crippen LogP contribution in [0.4, 0.5) is 4.79 Å². The molecule has 6 nitrogen and oxygen atoms in total. The molecule has 1 fully saturated rings. The molecule has 18 heavy (non-hydrogen) atoms. The molecule has 0 aromatic carbocycles. The number of carbonyl (C=O) groups is 3. The van der Waals surface area contributed by atoms with Gasteiger partial charge in [-0.15, -0.1) is 0 Å². The van der Waals surface area contributed by atoms with Gasteiger partial charge in [-0.1, -0.05) is 23.2 Å². The quantitative estimate of drug-likeness (QED) is 0.467. The van der Waals surface area contributed by atoms with Crippen molar-refractivity contribution >= 4 is 41.0 Å². The lowest BCUT2D eigenvalue weighted by atomic mass is 10.3. The second-order valence-electron chi connectivity index (χ2n) is 3.60. The normalized spacial score (nSPS) is 15.8. The van der Waals surface area contributed by atoms with Crippen molar-refractivity contribution in [2.75, 3.05) is 7.05 Å². The zero-order chi connectivity index (χ0) is 13.4. The zero-order valence-electron chi connectivity index (χ0n) is 9.18. The molecule has 2 rings (SSSR count). The first kappa shape index (κ1) is 12.8. The van der Waals surface area contributed by atoms with Gasteiger partial charge >= 0.3 is 17.8 Å². The predicted molar refractivity (Wildman–Crippen MR) is 63.0 cm³/mol. The summed E-state index contributed by atoms with van der Waals surface area (Å²) in [5, 5.41) is 0.454. The Morgan fingerprint density at radius 3 is 2.39 bits per heavy atom. The predicted octanol–water partition coefficient (Wildman–Crippen LogP) is 1.31. The summed E-state index contributed by atoms with van der Waals surface area (Å²) in [7, 11) is 1.23. The van der Waals surface area contributed by atoms with E-state index in [1.165, 1.54) is 19.2 Å². The molecule has 0 unspecified atom stereocenters. The first-order chi connectivity index (χ1) is 8.41. The summed E-state index contributed by atoms with van der Waals surface area (Å²) in [4.78, 5) is 39.9. The van der Waals surface area contributed by atoms with Gasteiger partial charge in [0.2, 0.25) is 0 Å². The fourth-order valence-electron chi connectivity index (χ4n) is 1.47. The van der Waals surface area contributed by atoms with Crippen LogP contribution >= 0.6 is 23.2 Å². The van der Waals surface area contributed by atoms with E-state index in [1.807, 2.05) is 0 Å². The SMILES string of the molecule is CN1C(=O)C(=O)N(Cc2nc(Cl)ccc2Cl)C1=O. The summed E-state index contributed by atoms with van der Waals surface area (Å²) in [5.74, 6) is -1.78. The van der Waals surface area contributed by atoms with Crippen molar-refractivity contribution in [3.05, 3.63) is 28.0 Å². The molecule has 1 aromatic rings. The van der Waals surface area contributed by atoms with Crippen molar-refractivity contribution in [2.24, 2.45) is 0 Å². The zero-order valence-corrected chi connectivity index (χ0v) is 10.7. The van der Waals surface area contributed by atoms with E-state index < -0.39 is 17.8 Å². The number of nitrogens with zero attached hydrogens (tertiary/aromatic N) is 3. The van der Waals surface area contributed by atoms with Gasteiger partial charge in [0.1, 0.15) is 5.15 Å². The highest BCUT2D eigenvalue weighted by atomic mass is 35.5. The molecule has 2 heterocycles. The molecule has 94 valence electrons. The standard InChI is InChI=1S/C10H7Cl2N3O3/c1-14-8(16)9(17)15(10(14)18)4-6-5(11)2-3-7(12)13-6/h2-3H,4H2,1H3. The fraction of sp³-hybridized carbons (Fsp3) is 0.200. The third kappa shape index (κ3) is 2.04. The van der Waals surface area contributed by atoms with E-state index in [0.717, 1.165) is 9.80 Å². The number of pyridine rings is 1. The van der Waals surface area contributed by atoms with Crippen LogP contribution in [0.1, 0.15) is 5.69 Å². The third-order valence-electron chi connectivity index (χ3n) is 2.44. The highest BCUT2D eigenvalue weighted by Crippen LogP contribution is 2.21. The molecular formula is C10H7Cl2N3O3. The molecular weight excluding hydrogens is 281 g/mol. The minimum Gasteiger partial charge on any atom is -0.263 e. The number of hydrogen-bond acceptors (Lipinski definition) is 4. The van der Waals surface area contributed by atoms with E-state index in [9.17, 15) is 14.4 Å². The number of urea groups is 1. The molecule has 1 aliphatic heterocycles. The number of imide groups is 2. The number of likely N-dealkylation sites (N-methyl/N-ethyl adjacent to an activating group) is 1. The van der Waals surface area contributed by atoms with Crippen LogP contribution in [0.5, 0.6) is 0 Å². The number of carbonyl (C=O) groups excluding carboxylic acids is 3. The lowest BCUT2D eigenvalue weighted by molar-refractivity contribution is -0.143. The number of rotatable bonds is 2. The van der Waals surface area contributed by atoms with Crippen LogP contribution in [0.3, 0.4) is 0 Å². The Bertz CT molecular complexity index is 561. The Labute approximate surface area is 112 Å². The Morgan fingerprint density at radius 2 is 1.83 bits per heavy atom. The van der Waals surface area contributed by atoms with Crippen LogP contribution in [0.15, 0.2) is 12.1 Å². The molecule has 0 saturated carbocycles. The van der Waals surface area contributed by atoms with Gasteiger partial charge in [0.15, 0.2) is 0 Å². The summed E-state index contributed by atoms with van der Waals surface area (Å²) >= 11 is 11.6. The van der Waals surface area contributed by atoms with Gasteiger partial charge in [-0.05, 0) is 12.1 Å². The first-order valence-electron chi connectivity index (χ1n) is 4.86.